The number of nitrogens with zero attached hydrogens (tertiary/aromatic N) is 2. The zero-order valence-electron chi connectivity index (χ0n) is 13.7. The number of aromatic nitrogens is 2. The van der Waals surface area contributed by atoms with Crippen molar-refractivity contribution in [3.05, 3.63) is 36.0 Å². The highest BCUT2D eigenvalue weighted by molar-refractivity contribution is 8.00. The first-order valence-corrected chi connectivity index (χ1v) is 8.22. The number of alkyl halides is 3. The molecule has 2 amide bonds. The van der Waals surface area contributed by atoms with Gasteiger partial charge < -0.3 is 15.1 Å². The van der Waals surface area contributed by atoms with Crippen molar-refractivity contribution in [2.75, 3.05) is 5.32 Å². The summed E-state index contributed by atoms with van der Waals surface area (Å²) >= 11 is -0.247. The van der Waals surface area contributed by atoms with E-state index in [0.29, 0.717) is 5.89 Å². The van der Waals surface area contributed by atoms with Crippen molar-refractivity contribution < 1.29 is 22.4 Å². The van der Waals surface area contributed by atoms with E-state index >= 15 is 0 Å². The van der Waals surface area contributed by atoms with Crippen molar-refractivity contribution in [1.29, 1.82) is 0 Å². The van der Waals surface area contributed by atoms with Gasteiger partial charge in [-0.15, -0.1) is 10.2 Å². The lowest BCUT2D eigenvalue weighted by Gasteiger charge is -2.12. The van der Waals surface area contributed by atoms with Crippen LogP contribution in [0.5, 0.6) is 0 Å². The quantitative estimate of drug-likeness (QED) is 0.743. The number of amides is 2. The first-order chi connectivity index (χ1) is 11.6. The van der Waals surface area contributed by atoms with E-state index in [4.69, 9.17) is 4.42 Å². The van der Waals surface area contributed by atoms with E-state index in [1.54, 1.807) is 6.92 Å². The summed E-state index contributed by atoms with van der Waals surface area (Å²) < 4.78 is 42.6. The SMILES string of the molecule is CC(C)c1nnc([C@@H](C)NC(=O)Nc2cccc(SC(F)(F)F)c2)o1. The summed E-state index contributed by atoms with van der Waals surface area (Å²) in [5.41, 5.74) is -4.14. The predicted molar refractivity (Wildman–Crippen MR) is 87.3 cm³/mol. The first-order valence-electron chi connectivity index (χ1n) is 7.40. The Morgan fingerprint density at radius 3 is 2.48 bits per heavy atom. The number of hydrogen-bond acceptors (Lipinski definition) is 5. The van der Waals surface area contributed by atoms with Crippen LogP contribution < -0.4 is 10.6 Å². The molecule has 2 rings (SSSR count). The molecule has 1 aromatic heterocycles. The molecule has 0 aliphatic heterocycles. The molecule has 136 valence electrons. The molecular formula is C15H17F3N4O2S. The number of carbonyl (C=O) groups is 1. The summed E-state index contributed by atoms with van der Waals surface area (Å²) in [6.07, 6.45) is 0. The molecule has 10 heteroatoms. The second-order valence-corrected chi connectivity index (χ2v) is 6.67. The van der Waals surface area contributed by atoms with Gasteiger partial charge in [-0.3, -0.25) is 0 Å². The zero-order chi connectivity index (χ0) is 18.6. The standard InChI is InChI=1S/C15H17F3N4O2S/c1-8(2)12-21-22-13(24-12)9(3)19-14(23)20-10-5-4-6-11(7-10)25-15(16,17)18/h4-9H,1-3H3,(H2,19,20,23)/t9-/m1/s1. The Hall–Kier alpha value is -2.23. The number of halogens is 3. The molecule has 0 unspecified atom stereocenters. The number of benzene rings is 1. The maximum Gasteiger partial charge on any atom is 0.446 e. The Labute approximate surface area is 146 Å². The van der Waals surface area contributed by atoms with E-state index < -0.39 is 17.6 Å². The van der Waals surface area contributed by atoms with Gasteiger partial charge in [-0.25, -0.2) is 4.79 Å². The molecule has 6 nitrogen and oxygen atoms in total. The molecule has 2 N–H and O–H groups in total. The van der Waals surface area contributed by atoms with Gasteiger partial charge in [0.1, 0.15) is 6.04 Å². The minimum atomic E-state index is -4.39. The number of anilines is 1. The van der Waals surface area contributed by atoms with Crippen molar-refractivity contribution >= 4 is 23.5 Å². The third kappa shape index (κ3) is 5.96. The number of rotatable bonds is 5. The molecule has 25 heavy (non-hydrogen) atoms. The Kier molecular flexibility index (Phi) is 5.93. The van der Waals surface area contributed by atoms with Gasteiger partial charge in [-0.1, -0.05) is 19.9 Å². The number of hydrogen-bond donors (Lipinski definition) is 2. The summed E-state index contributed by atoms with van der Waals surface area (Å²) in [7, 11) is 0. The average Bonchev–Trinajstić information content (AvgIpc) is 2.95. The smallest absolute Gasteiger partial charge is 0.423 e. The van der Waals surface area contributed by atoms with Crippen molar-refractivity contribution in [3.8, 4) is 0 Å². The van der Waals surface area contributed by atoms with Gasteiger partial charge in [-0.2, -0.15) is 13.2 Å². The van der Waals surface area contributed by atoms with Crippen LogP contribution in [0.25, 0.3) is 0 Å². The van der Waals surface area contributed by atoms with Gasteiger partial charge in [0.25, 0.3) is 0 Å². The molecule has 0 radical (unpaired) electrons. The van der Waals surface area contributed by atoms with Crippen molar-refractivity contribution in [2.45, 2.75) is 43.1 Å². The lowest BCUT2D eigenvalue weighted by molar-refractivity contribution is -0.0328. The number of thioether (sulfide) groups is 1. The predicted octanol–water partition coefficient (Wildman–Crippen LogP) is 4.69. The summed E-state index contributed by atoms with van der Waals surface area (Å²) in [5, 5.41) is 12.8. The van der Waals surface area contributed by atoms with Crippen LogP contribution in [0, 0.1) is 0 Å². The lowest BCUT2D eigenvalue weighted by Crippen LogP contribution is -2.31. The van der Waals surface area contributed by atoms with E-state index in [2.05, 4.69) is 20.8 Å². The van der Waals surface area contributed by atoms with Crippen molar-refractivity contribution in [1.82, 2.24) is 15.5 Å². The zero-order valence-corrected chi connectivity index (χ0v) is 14.5. The molecule has 0 aliphatic carbocycles. The summed E-state index contributed by atoms with van der Waals surface area (Å²) in [6, 6.07) is 4.34. The average molecular weight is 374 g/mol. The minimum Gasteiger partial charge on any atom is -0.423 e. The van der Waals surface area contributed by atoms with Gasteiger partial charge in [0.05, 0.1) is 0 Å². The minimum absolute atomic E-state index is 0.0168. The van der Waals surface area contributed by atoms with E-state index in [0.717, 1.165) is 0 Å². The van der Waals surface area contributed by atoms with E-state index in [-0.39, 0.29) is 34.2 Å². The molecule has 1 aromatic carbocycles. The number of carbonyl (C=O) groups excluding carboxylic acids is 1. The van der Waals surface area contributed by atoms with Gasteiger partial charge >= 0.3 is 11.5 Å². The van der Waals surface area contributed by atoms with Crippen LogP contribution in [-0.4, -0.2) is 21.7 Å². The Morgan fingerprint density at radius 1 is 1.20 bits per heavy atom. The molecular weight excluding hydrogens is 357 g/mol. The second-order valence-electron chi connectivity index (χ2n) is 5.53. The summed E-state index contributed by atoms with van der Waals surface area (Å²) in [6.45, 7) is 5.45. The van der Waals surface area contributed by atoms with Crippen molar-refractivity contribution in [2.24, 2.45) is 0 Å². The molecule has 2 aromatic rings. The highest BCUT2D eigenvalue weighted by Gasteiger charge is 2.29. The molecule has 1 atom stereocenters. The van der Waals surface area contributed by atoms with Gasteiger partial charge in [-0.05, 0) is 36.9 Å². The topological polar surface area (TPSA) is 80.0 Å². The van der Waals surface area contributed by atoms with Crippen LogP contribution in [0.4, 0.5) is 23.7 Å². The van der Waals surface area contributed by atoms with Crippen LogP contribution in [-0.2, 0) is 0 Å². The van der Waals surface area contributed by atoms with E-state index in [1.807, 2.05) is 13.8 Å². The Morgan fingerprint density at radius 2 is 1.88 bits per heavy atom. The molecule has 0 spiro atoms. The third-order valence-electron chi connectivity index (χ3n) is 2.99. The summed E-state index contributed by atoms with van der Waals surface area (Å²) in [5.74, 6) is 0.775. The normalized spacial score (nSPS) is 12.9. The van der Waals surface area contributed by atoms with Gasteiger partial charge in [0.2, 0.25) is 11.8 Å². The maximum absolute atomic E-state index is 12.4. The fourth-order valence-electron chi connectivity index (χ4n) is 1.85. The van der Waals surface area contributed by atoms with Gasteiger partial charge in [0.15, 0.2) is 0 Å². The fraction of sp³-hybridized carbons (Fsp3) is 0.400. The number of nitrogens with one attached hydrogen (secondary N) is 2. The number of urea groups is 1. The molecule has 0 aliphatic rings. The van der Waals surface area contributed by atoms with Crippen LogP contribution in [0.15, 0.2) is 33.6 Å². The molecule has 0 bridgehead atoms. The largest absolute Gasteiger partial charge is 0.446 e. The highest BCUT2D eigenvalue weighted by Crippen LogP contribution is 2.37. The molecule has 0 saturated heterocycles. The first kappa shape index (κ1) is 19.1. The lowest BCUT2D eigenvalue weighted by atomic mass is 10.2. The Bertz CT molecular complexity index is 734. The van der Waals surface area contributed by atoms with Crippen LogP contribution in [0.2, 0.25) is 0 Å². The molecule has 1 heterocycles. The Balaban J connectivity index is 1.96. The van der Waals surface area contributed by atoms with E-state index in [9.17, 15) is 18.0 Å². The fourth-order valence-corrected chi connectivity index (χ4v) is 2.45. The van der Waals surface area contributed by atoms with E-state index in [1.165, 1.54) is 24.3 Å². The van der Waals surface area contributed by atoms with Crippen LogP contribution in [0.3, 0.4) is 0 Å². The van der Waals surface area contributed by atoms with Crippen LogP contribution in [0.1, 0.15) is 44.5 Å². The molecule has 0 fully saturated rings. The van der Waals surface area contributed by atoms with Crippen molar-refractivity contribution in [3.63, 3.8) is 0 Å². The highest BCUT2D eigenvalue weighted by atomic mass is 32.2. The monoisotopic (exact) mass is 374 g/mol. The molecule has 0 saturated carbocycles. The summed E-state index contributed by atoms with van der Waals surface area (Å²) in [4.78, 5) is 12.0. The third-order valence-corrected chi connectivity index (χ3v) is 3.71. The second kappa shape index (κ2) is 7.77. The van der Waals surface area contributed by atoms with Gasteiger partial charge in [0, 0.05) is 16.5 Å². The van der Waals surface area contributed by atoms with Crippen LogP contribution >= 0.6 is 11.8 Å². The maximum atomic E-state index is 12.4.